The first-order valence-electron chi connectivity index (χ1n) is 17.5. The number of fused-ring (bicyclic) bond motifs is 4. The van der Waals surface area contributed by atoms with E-state index in [1.807, 2.05) is 50.4 Å². The Morgan fingerprint density at radius 2 is 1.51 bits per heavy atom. The number of nitrogens with zero attached hydrogens (tertiary/aromatic N) is 2. The predicted molar refractivity (Wildman–Crippen MR) is 190 cm³/mol. The van der Waals surface area contributed by atoms with Crippen molar-refractivity contribution in [1.29, 1.82) is 0 Å². The molecule has 0 unspecified atom stereocenters. The number of allylic oxidation sites excluding steroid dienone is 1. The van der Waals surface area contributed by atoms with E-state index in [2.05, 4.69) is 61.8 Å². The Bertz CT molecular complexity index is 1540. The lowest BCUT2D eigenvalue weighted by Gasteiger charge is -2.41. The molecular formula is C38H46Br2N2O7. The minimum Gasteiger partial charge on any atom is -0.466 e. The van der Waals surface area contributed by atoms with Crippen LogP contribution >= 0.6 is 31.9 Å². The number of carbonyl (C=O) groups excluding carboxylic acids is 3. The predicted octanol–water partition coefficient (Wildman–Crippen LogP) is 7.11. The number of hydrogen-bond acceptors (Lipinski definition) is 9. The van der Waals surface area contributed by atoms with Crippen LogP contribution in [0.3, 0.4) is 0 Å². The molecule has 7 rings (SSSR count). The number of halogens is 2. The average molecular weight is 803 g/mol. The summed E-state index contributed by atoms with van der Waals surface area (Å²) in [5.41, 5.74) is 1.90. The standard InChI is InChI=1S/C20H24BrNO4.C18H22BrNO3/c1-11-8-17-19(12(2)26-20(17)24)16(18(11)10-25-13(3)23)7-6-15-5-4-14(21)9-22-15;1-9-5-13-16(10(2)23-18(13)21)17-14(9)8-22-15(17)6-12-4-3-11(19)7-20-12/h4-7,9,11-12,16-19H,8,10H2,1-3H3;3-4,7,9-10,13-17H,5-6,8H2,1-2H3/b7-6+;/t11-,12+,16-,17+,18+,19-;9-,10+,13+,14+,15-,16+,17+/m00/s1. The van der Waals surface area contributed by atoms with Crippen molar-refractivity contribution in [3.05, 3.63) is 63.1 Å². The summed E-state index contributed by atoms with van der Waals surface area (Å²) in [7, 11) is 0. The molecule has 0 bridgehead atoms. The van der Waals surface area contributed by atoms with E-state index in [9.17, 15) is 14.4 Å². The van der Waals surface area contributed by atoms with Crippen molar-refractivity contribution >= 4 is 55.8 Å². The molecule has 2 saturated carbocycles. The van der Waals surface area contributed by atoms with E-state index in [1.54, 1.807) is 6.20 Å². The maximum Gasteiger partial charge on any atom is 0.309 e. The molecule has 0 amide bonds. The average Bonchev–Trinajstić information content (AvgIpc) is 3.69. The van der Waals surface area contributed by atoms with E-state index in [4.69, 9.17) is 18.9 Å². The van der Waals surface area contributed by atoms with E-state index in [0.717, 1.165) is 46.2 Å². The van der Waals surface area contributed by atoms with Crippen molar-refractivity contribution in [1.82, 2.24) is 9.97 Å². The van der Waals surface area contributed by atoms with Crippen molar-refractivity contribution < 1.29 is 33.3 Å². The summed E-state index contributed by atoms with van der Waals surface area (Å²) < 4.78 is 24.5. The van der Waals surface area contributed by atoms with E-state index in [1.165, 1.54) is 6.92 Å². The number of ether oxygens (including phenoxy) is 4. The fourth-order valence-corrected chi connectivity index (χ4v) is 9.81. The smallest absolute Gasteiger partial charge is 0.309 e. The Labute approximate surface area is 305 Å². The zero-order chi connectivity index (χ0) is 35.0. The number of esters is 3. The van der Waals surface area contributed by atoms with Crippen LogP contribution in [0, 0.1) is 59.2 Å². The van der Waals surface area contributed by atoms with Crippen LogP contribution in [0.2, 0.25) is 0 Å². The van der Waals surface area contributed by atoms with Gasteiger partial charge in [0, 0.05) is 58.1 Å². The molecule has 2 aliphatic carbocycles. The highest BCUT2D eigenvalue weighted by Gasteiger charge is 2.58. The van der Waals surface area contributed by atoms with Crippen LogP contribution in [0.15, 0.2) is 51.7 Å². The molecule has 0 N–H and O–H groups in total. The molecular weight excluding hydrogens is 756 g/mol. The Kier molecular flexibility index (Phi) is 11.3. The lowest BCUT2D eigenvalue weighted by atomic mass is 9.61. The zero-order valence-electron chi connectivity index (χ0n) is 28.7. The van der Waals surface area contributed by atoms with Gasteiger partial charge in [-0.1, -0.05) is 19.9 Å². The van der Waals surface area contributed by atoms with Gasteiger partial charge >= 0.3 is 17.9 Å². The SMILES string of the molecule is CC(=O)OC[C@H]1[C@H](/C=C/c2ccc(Br)cn2)[C@@H]2[C@@H](C)OC(=O)[C@@H]2C[C@@H]1C.C[C@H]1C[C@H]2C(=O)O[C@H](C)[C@H]2[C@@H]2[C@@H]1CO[C@H]2Cc1ccc(Br)cn1. The number of pyridine rings is 2. The van der Waals surface area contributed by atoms with E-state index >= 15 is 0 Å². The quantitative estimate of drug-likeness (QED) is 0.223. The van der Waals surface area contributed by atoms with Crippen molar-refractivity contribution in [2.45, 2.75) is 72.2 Å². The van der Waals surface area contributed by atoms with Crippen molar-refractivity contribution in [3.8, 4) is 0 Å². The fraction of sp³-hybridized carbons (Fsp3) is 0.605. The molecule has 5 fully saturated rings. The minimum absolute atomic E-state index is 0.000201. The molecule has 5 heterocycles. The molecule has 13 atom stereocenters. The van der Waals surface area contributed by atoms with Crippen LogP contribution in [-0.4, -0.2) is 59.4 Å². The summed E-state index contributed by atoms with van der Waals surface area (Å²) in [4.78, 5) is 44.6. The fourth-order valence-electron chi connectivity index (χ4n) is 9.34. The second-order valence-corrected chi connectivity index (χ2v) is 16.5. The van der Waals surface area contributed by atoms with Gasteiger partial charge in [-0.3, -0.25) is 24.4 Å². The maximum absolute atomic E-state index is 12.2. The second-order valence-electron chi connectivity index (χ2n) is 14.7. The van der Waals surface area contributed by atoms with Gasteiger partial charge in [0.05, 0.1) is 36.8 Å². The van der Waals surface area contributed by atoms with E-state index in [-0.39, 0.29) is 71.7 Å². The molecule has 0 aromatic carbocycles. The van der Waals surface area contributed by atoms with Gasteiger partial charge in [-0.05, 0) is 118 Å². The minimum atomic E-state index is -0.275. The molecule has 9 nitrogen and oxygen atoms in total. The van der Waals surface area contributed by atoms with Gasteiger partial charge in [0.2, 0.25) is 0 Å². The summed E-state index contributed by atoms with van der Waals surface area (Å²) in [5.74, 6) is 1.97. The summed E-state index contributed by atoms with van der Waals surface area (Å²) in [6, 6.07) is 7.95. The van der Waals surface area contributed by atoms with Gasteiger partial charge in [-0.25, -0.2) is 0 Å². The molecule has 3 saturated heterocycles. The van der Waals surface area contributed by atoms with Gasteiger partial charge in [-0.2, -0.15) is 0 Å². The molecule has 0 spiro atoms. The first-order valence-corrected chi connectivity index (χ1v) is 19.1. The van der Waals surface area contributed by atoms with Crippen LogP contribution in [-0.2, 0) is 39.8 Å². The number of aromatic nitrogens is 2. The van der Waals surface area contributed by atoms with Gasteiger partial charge in [0.15, 0.2) is 0 Å². The summed E-state index contributed by atoms with van der Waals surface area (Å²) in [5, 5.41) is 0. The number of cyclic esters (lactones) is 2. The van der Waals surface area contributed by atoms with Crippen molar-refractivity contribution in [3.63, 3.8) is 0 Å². The molecule has 5 aliphatic rings. The third-order valence-electron chi connectivity index (χ3n) is 11.7. The summed E-state index contributed by atoms with van der Waals surface area (Å²) in [6.45, 7) is 11.0. The normalized spacial score (nSPS) is 37.7. The van der Waals surface area contributed by atoms with Gasteiger partial charge < -0.3 is 18.9 Å². The highest BCUT2D eigenvalue weighted by molar-refractivity contribution is 9.10. The largest absolute Gasteiger partial charge is 0.466 e. The lowest BCUT2D eigenvalue weighted by molar-refractivity contribution is -0.146. The molecule has 11 heteroatoms. The molecule has 0 radical (unpaired) electrons. The summed E-state index contributed by atoms with van der Waals surface area (Å²) in [6.07, 6.45) is 10.3. The van der Waals surface area contributed by atoms with Gasteiger partial charge in [0.1, 0.15) is 12.2 Å². The number of rotatable bonds is 6. The monoisotopic (exact) mass is 800 g/mol. The molecule has 2 aromatic rings. The van der Waals surface area contributed by atoms with Crippen LogP contribution < -0.4 is 0 Å². The molecule has 2 aromatic heterocycles. The third kappa shape index (κ3) is 7.83. The topological polar surface area (TPSA) is 114 Å². The van der Waals surface area contributed by atoms with E-state index in [0.29, 0.717) is 30.3 Å². The van der Waals surface area contributed by atoms with Crippen LogP contribution in [0.25, 0.3) is 6.08 Å². The highest BCUT2D eigenvalue weighted by Crippen LogP contribution is 2.53. The second kappa shape index (κ2) is 15.3. The Morgan fingerprint density at radius 3 is 2.14 bits per heavy atom. The molecule has 264 valence electrons. The number of carbonyl (C=O) groups is 3. The van der Waals surface area contributed by atoms with Gasteiger partial charge in [-0.15, -0.1) is 0 Å². The first kappa shape index (κ1) is 36.2. The van der Waals surface area contributed by atoms with Crippen LogP contribution in [0.5, 0.6) is 0 Å². The maximum atomic E-state index is 12.2. The molecule has 3 aliphatic heterocycles. The zero-order valence-corrected chi connectivity index (χ0v) is 31.8. The third-order valence-corrected chi connectivity index (χ3v) is 12.6. The van der Waals surface area contributed by atoms with Crippen LogP contribution in [0.1, 0.15) is 58.8 Å². The van der Waals surface area contributed by atoms with Gasteiger partial charge in [0.25, 0.3) is 0 Å². The highest BCUT2D eigenvalue weighted by atomic mass is 79.9. The Balaban J connectivity index is 0.000000171. The van der Waals surface area contributed by atoms with Crippen molar-refractivity contribution in [2.75, 3.05) is 13.2 Å². The number of hydrogen-bond donors (Lipinski definition) is 0. The lowest BCUT2D eigenvalue weighted by Crippen LogP contribution is -2.44. The van der Waals surface area contributed by atoms with Crippen molar-refractivity contribution in [2.24, 2.45) is 59.2 Å². The first-order chi connectivity index (χ1) is 23.4. The Hall–Kier alpha value is -2.63. The van der Waals surface area contributed by atoms with Crippen LogP contribution in [0.4, 0.5) is 0 Å². The summed E-state index contributed by atoms with van der Waals surface area (Å²) >= 11 is 6.81. The van der Waals surface area contributed by atoms with E-state index < -0.39 is 0 Å². The Morgan fingerprint density at radius 1 is 0.878 bits per heavy atom. The molecule has 49 heavy (non-hydrogen) atoms.